The molecule has 1 aromatic heterocycles. The van der Waals surface area contributed by atoms with E-state index in [1.807, 2.05) is 0 Å². The summed E-state index contributed by atoms with van der Waals surface area (Å²) in [6.07, 6.45) is 0. The van der Waals surface area contributed by atoms with E-state index in [9.17, 15) is 0 Å². The summed E-state index contributed by atoms with van der Waals surface area (Å²) in [6.45, 7) is 0. The fraction of sp³-hybridized carbons (Fsp3) is 0. The third-order valence-corrected chi connectivity index (χ3v) is 2.50. The quantitative estimate of drug-likeness (QED) is 0.469. The van der Waals surface area contributed by atoms with Gasteiger partial charge in [-0.1, -0.05) is 0 Å². The average molecular weight is 160 g/mol. The topological polar surface area (TPSA) is 0 Å². The molecule has 0 aromatic carbocycles. The van der Waals surface area contributed by atoms with E-state index in [0.717, 1.165) is 0 Å². The second-order valence-electron chi connectivity index (χ2n) is 1.02. The van der Waals surface area contributed by atoms with Crippen LogP contribution in [-0.2, 0) is 0 Å². The van der Waals surface area contributed by atoms with Crippen LogP contribution in [0.5, 0.6) is 0 Å². The molecule has 6 heavy (non-hydrogen) atoms. The number of hydrogen-bond donors (Lipinski definition) is 0. The van der Waals surface area contributed by atoms with Gasteiger partial charge in [0.15, 0.2) is 0 Å². The van der Waals surface area contributed by atoms with Crippen molar-refractivity contribution in [1.29, 1.82) is 0 Å². The van der Waals surface area contributed by atoms with Crippen molar-refractivity contribution in [3.8, 4) is 0 Å². The van der Waals surface area contributed by atoms with Gasteiger partial charge in [-0.05, 0) is 0 Å². The van der Waals surface area contributed by atoms with E-state index in [1.165, 1.54) is 3.66 Å². The first-order valence-electron chi connectivity index (χ1n) is 1.68. The Labute approximate surface area is 49.7 Å². The van der Waals surface area contributed by atoms with Gasteiger partial charge in [-0.25, -0.2) is 0 Å². The minimum absolute atomic E-state index is 1.45. The molecule has 0 aliphatic carbocycles. The minimum atomic E-state index is 1.45. The first kappa shape index (κ1) is 4.42. The maximum absolute atomic E-state index is 2.13. The van der Waals surface area contributed by atoms with Crippen LogP contribution >= 0.6 is 11.3 Å². The number of hydrogen-bond acceptors (Lipinski definition) is 1. The Morgan fingerprint density at radius 2 is 2.50 bits per heavy atom. The third kappa shape index (κ3) is 0.858. The molecule has 0 fully saturated rings. The summed E-state index contributed by atoms with van der Waals surface area (Å²) in [5.74, 6) is 0. The van der Waals surface area contributed by atoms with E-state index < -0.39 is 0 Å². The van der Waals surface area contributed by atoms with E-state index in [-0.39, 0.29) is 0 Å². The molecule has 0 saturated heterocycles. The second-order valence-corrected chi connectivity index (χ2v) is 4.18. The Morgan fingerprint density at radius 1 is 1.67 bits per heavy atom. The van der Waals surface area contributed by atoms with Crippen LogP contribution in [0.1, 0.15) is 0 Å². The molecule has 2 heteroatoms. The van der Waals surface area contributed by atoms with Crippen LogP contribution in [0.3, 0.4) is 0 Å². The summed E-state index contributed by atoms with van der Waals surface area (Å²) in [5, 5.41) is 2.09. The normalized spacial score (nSPS) is 8.83. The molecule has 1 aromatic rings. The SMILES string of the molecule is [AsH2]c1cccs1. The molecule has 0 N–H and O–H groups in total. The van der Waals surface area contributed by atoms with Crippen molar-refractivity contribution in [2.24, 2.45) is 0 Å². The van der Waals surface area contributed by atoms with Crippen LogP contribution in [0, 0.1) is 0 Å². The molecule has 0 saturated carbocycles. The molecule has 1 heterocycles. The summed E-state index contributed by atoms with van der Waals surface area (Å²) in [5.41, 5.74) is 0. The van der Waals surface area contributed by atoms with E-state index in [4.69, 9.17) is 0 Å². The van der Waals surface area contributed by atoms with Crippen molar-refractivity contribution in [3.63, 3.8) is 0 Å². The number of rotatable bonds is 0. The molecule has 0 nitrogen and oxygen atoms in total. The standard InChI is InChI=1S/C4H5AsS/c5-4-2-1-3-6-4/h1-3H,5H2. The Morgan fingerprint density at radius 3 is 2.67 bits per heavy atom. The van der Waals surface area contributed by atoms with E-state index >= 15 is 0 Å². The molecular weight excluding hydrogens is 155 g/mol. The summed E-state index contributed by atoms with van der Waals surface area (Å²) < 4.78 is 1.45. The molecule has 0 spiro atoms. The van der Waals surface area contributed by atoms with Gasteiger partial charge in [-0.15, -0.1) is 0 Å². The zero-order valence-electron chi connectivity index (χ0n) is 3.22. The van der Waals surface area contributed by atoms with E-state index in [0.29, 0.717) is 0 Å². The third-order valence-electron chi connectivity index (χ3n) is 0.543. The van der Waals surface area contributed by atoms with Crippen molar-refractivity contribution < 1.29 is 0 Å². The molecule has 1 unspecified atom stereocenters. The predicted octanol–water partition coefficient (Wildman–Crippen LogP) is 0.00650. The summed E-state index contributed by atoms with van der Waals surface area (Å²) in [4.78, 5) is 0. The summed E-state index contributed by atoms with van der Waals surface area (Å²) in [7, 11) is 0. The van der Waals surface area contributed by atoms with Gasteiger partial charge in [0.1, 0.15) is 0 Å². The van der Waals surface area contributed by atoms with Gasteiger partial charge in [0, 0.05) is 0 Å². The van der Waals surface area contributed by atoms with Crippen LogP contribution in [0.4, 0.5) is 0 Å². The molecule has 1 rings (SSSR count). The first-order chi connectivity index (χ1) is 2.89. The molecule has 1 atom stereocenters. The van der Waals surface area contributed by atoms with Crippen molar-refractivity contribution in [3.05, 3.63) is 17.5 Å². The van der Waals surface area contributed by atoms with Gasteiger partial charge < -0.3 is 0 Å². The summed E-state index contributed by atoms with van der Waals surface area (Å²) >= 11 is 3.51. The van der Waals surface area contributed by atoms with Crippen LogP contribution in [0.2, 0.25) is 0 Å². The van der Waals surface area contributed by atoms with Crippen LogP contribution in [0.15, 0.2) is 17.5 Å². The van der Waals surface area contributed by atoms with Gasteiger partial charge >= 0.3 is 49.4 Å². The molecule has 0 amide bonds. The van der Waals surface area contributed by atoms with Gasteiger partial charge in [-0.3, -0.25) is 0 Å². The van der Waals surface area contributed by atoms with Crippen molar-refractivity contribution in [2.45, 2.75) is 0 Å². The summed E-state index contributed by atoms with van der Waals surface area (Å²) in [6, 6.07) is 4.20. The molecule has 0 aliphatic rings. The fourth-order valence-corrected chi connectivity index (χ4v) is 1.49. The fourth-order valence-electron chi connectivity index (χ4n) is 0.291. The molecule has 0 radical (unpaired) electrons. The second kappa shape index (κ2) is 1.81. The average Bonchev–Trinajstić information content (AvgIpc) is 1.86. The Hall–Kier alpha value is 0.258. The van der Waals surface area contributed by atoms with Gasteiger partial charge in [-0.2, -0.15) is 0 Å². The Bertz CT molecular complexity index is 111. The Balaban J connectivity index is 3.05. The molecular formula is C4H5AsS. The van der Waals surface area contributed by atoms with Crippen LogP contribution in [0.25, 0.3) is 0 Å². The number of thiophene rings is 1. The molecule has 0 aliphatic heterocycles. The van der Waals surface area contributed by atoms with Gasteiger partial charge in [0.2, 0.25) is 0 Å². The van der Waals surface area contributed by atoms with Crippen LogP contribution in [-0.4, -0.2) is 16.9 Å². The maximum atomic E-state index is 2.13. The van der Waals surface area contributed by atoms with Gasteiger partial charge in [0.25, 0.3) is 0 Å². The molecule has 0 bridgehead atoms. The van der Waals surface area contributed by atoms with Crippen LogP contribution < -0.4 is 3.66 Å². The van der Waals surface area contributed by atoms with Crippen molar-refractivity contribution in [2.75, 3.05) is 0 Å². The van der Waals surface area contributed by atoms with E-state index in [2.05, 4.69) is 17.5 Å². The zero-order valence-corrected chi connectivity index (χ0v) is 6.46. The Kier molecular flexibility index (Phi) is 1.33. The zero-order chi connectivity index (χ0) is 4.41. The monoisotopic (exact) mass is 160 g/mol. The van der Waals surface area contributed by atoms with Crippen molar-refractivity contribution in [1.82, 2.24) is 0 Å². The van der Waals surface area contributed by atoms with Gasteiger partial charge in [0.05, 0.1) is 0 Å². The van der Waals surface area contributed by atoms with E-state index in [1.54, 1.807) is 28.2 Å². The molecule has 32 valence electrons. The van der Waals surface area contributed by atoms with Crippen molar-refractivity contribution >= 4 is 31.9 Å². The first-order valence-corrected chi connectivity index (χ1v) is 3.77. The predicted molar refractivity (Wildman–Crippen MR) is 32.5 cm³/mol.